The molecule has 0 saturated carbocycles. The molecule has 9 nitrogen and oxygen atoms in total. The van der Waals surface area contributed by atoms with Gasteiger partial charge in [-0.1, -0.05) is 24.3 Å². The maximum Gasteiger partial charge on any atom is 0.337 e. The number of thiocarbonyl (C=S) groups is 1. The third kappa shape index (κ3) is 5.71. The maximum atomic E-state index is 13.0. The summed E-state index contributed by atoms with van der Waals surface area (Å²) in [6.07, 6.45) is 1.98. The predicted molar refractivity (Wildman–Crippen MR) is 165 cm³/mol. The number of nitrogens with zero attached hydrogens (tertiary/aromatic N) is 3. The Kier molecular flexibility index (Phi) is 8.53. The lowest BCUT2D eigenvalue weighted by molar-refractivity contribution is -0.116. The van der Waals surface area contributed by atoms with Gasteiger partial charge in [0.05, 0.1) is 43.2 Å². The number of hydrogen-bond donors (Lipinski definition) is 2. The van der Waals surface area contributed by atoms with E-state index in [1.54, 1.807) is 25.4 Å². The molecule has 1 saturated heterocycles. The zero-order chi connectivity index (χ0) is 29.8. The summed E-state index contributed by atoms with van der Waals surface area (Å²) in [6, 6.07) is 22.2. The molecule has 1 amide bonds. The lowest BCUT2D eigenvalue weighted by Crippen LogP contribution is -2.33. The number of amides is 1. The summed E-state index contributed by atoms with van der Waals surface area (Å²) in [7, 11) is 2.95. The Balaban J connectivity index is 1.48. The highest BCUT2D eigenvalue weighted by atomic mass is 32.1. The van der Waals surface area contributed by atoms with Gasteiger partial charge in [-0.25, -0.2) is 4.79 Å². The molecular weight excluding hydrogens is 550 g/mol. The highest BCUT2D eigenvalue weighted by Gasteiger charge is 2.41. The van der Waals surface area contributed by atoms with Crippen LogP contribution in [0.2, 0.25) is 0 Å². The quantitative estimate of drug-likeness (QED) is 0.203. The van der Waals surface area contributed by atoms with E-state index in [-0.39, 0.29) is 24.4 Å². The SMILES string of the molecule is COC(=O)c1cccc(-n2c(C)cc([C@H]3[C@H](c4ccccn4)NC(=S)N3CCC(=O)Nc3ccccc3OC)c2C)c1. The van der Waals surface area contributed by atoms with Crippen molar-refractivity contribution in [3.05, 3.63) is 107 Å². The number of rotatable bonds is 9. The summed E-state index contributed by atoms with van der Waals surface area (Å²) in [6.45, 7) is 4.47. The van der Waals surface area contributed by atoms with Crippen LogP contribution in [0.15, 0.2) is 79.0 Å². The standard InChI is InChI=1S/C32H33N5O4S/c1-20-18-24(21(2)37(20)23-11-9-10-22(19-23)31(39)41-4)30-29(26-13-7-8-16-33-26)35-32(42)36(30)17-15-28(38)34-25-12-5-6-14-27(25)40-3/h5-14,16,18-19,29-30H,15,17H2,1-4H3,(H,34,38)(H,35,42)/t29-,30-/m0/s1. The van der Waals surface area contributed by atoms with Crippen LogP contribution < -0.4 is 15.4 Å². The highest BCUT2D eigenvalue weighted by molar-refractivity contribution is 7.80. The van der Waals surface area contributed by atoms with Gasteiger partial charge in [0.25, 0.3) is 0 Å². The first-order valence-corrected chi connectivity index (χ1v) is 14.0. The van der Waals surface area contributed by atoms with E-state index in [1.807, 2.05) is 61.5 Å². The summed E-state index contributed by atoms with van der Waals surface area (Å²) in [5, 5.41) is 6.97. The number of ether oxygens (including phenoxy) is 2. The van der Waals surface area contributed by atoms with Gasteiger partial charge in [-0.3, -0.25) is 9.78 Å². The average molecular weight is 584 g/mol. The minimum Gasteiger partial charge on any atom is -0.495 e. The molecule has 4 aromatic rings. The molecule has 1 fully saturated rings. The largest absolute Gasteiger partial charge is 0.495 e. The Morgan fingerprint density at radius 2 is 1.81 bits per heavy atom. The molecule has 5 rings (SSSR count). The molecule has 0 unspecified atom stereocenters. The van der Waals surface area contributed by atoms with Gasteiger partial charge in [-0.2, -0.15) is 0 Å². The topological polar surface area (TPSA) is 97.7 Å². The Morgan fingerprint density at radius 3 is 2.55 bits per heavy atom. The van der Waals surface area contributed by atoms with Crippen molar-refractivity contribution in [2.75, 3.05) is 26.1 Å². The second-order valence-electron chi connectivity index (χ2n) is 10.0. The molecule has 2 aromatic heterocycles. The molecule has 0 bridgehead atoms. The van der Waals surface area contributed by atoms with Crippen molar-refractivity contribution < 1.29 is 19.1 Å². The summed E-state index contributed by atoms with van der Waals surface area (Å²) in [5.74, 6) is 0.0612. The van der Waals surface area contributed by atoms with Crippen molar-refractivity contribution in [1.29, 1.82) is 0 Å². The number of aryl methyl sites for hydroxylation is 1. The minimum absolute atomic E-state index is 0.146. The Morgan fingerprint density at radius 1 is 1.02 bits per heavy atom. The zero-order valence-electron chi connectivity index (χ0n) is 24.0. The van der Waals surface area contributed by atoms with Crippen LogP contribution in [0.5, 0.6) is 5.75 Å². The molecular formula is C32H33N5O4S. The minimum atomic E-state index is -0.391. The number of anilines is 1. The molecule has 1 aliphatic rings. The fourth-order valence-corrected chi connectivity index (χ4v) is 5.87. The molecule has 3 heterocycles. The molecule has 216 valence electrons. The van der Waals surface area contributed by atoms with Gasteiger partial charge in [-0.05, 0) is 80.2 Å². The van der Waals surface area contributed by atoms with Gasteiger partial charge in [0.2, 0.25) is 5.91 Å². The number of carbonyl (C=O) groups excluding carboxylic acids is 2. The van der Waals surface area contributed by atoms with Crippen LogP contribution in [-0.2, 0) is 9.53 Å². The van der Waals surface area contributed by atoms with E-state index in [0.29, 0.717) is 28.7 Å². The number of nitrogens with one attached hydrogen (secondary N) is 2. The number of methoxy groups -OCH3 is 2. The number of esters is 1. The molecule has 1 aliphatic heterocycles. The number of para-hydroxylation sites is 2. The van der Waals surface area contributed by atoms with Crippen molar-refractivity contribution in [3.63, 3.8) is 0 Å². The van der Waals surface area contributed by atoms with Gasteiger partial charge >= 0.3 is 5.97 Å². The summed E-state index contributed by atoms with van der Waals surface area (Å²) in [4.78, 5) is 32.0. The fraction of sp³-hybridized carbons (Fsp3) is 0.250. The Bertz CT molecular complexity index is 1620. The van der Waals surface area contributed by atoms with Crippen molar-refractivity contribution >= 4 is 34.9 Å². The first-order valence-electron chi connectivity index (χ1n) is 13.6. The third-order valence-electron chi connectivity index (χ3n) is 7.47. The van der Waals surface area contributed by atoms with E-state index < -0.39 is 5.97 Å². The van der Waals surface area contributed by atoms with Crippen molar-refractivity contribution in [2.45, 2.75) is 32.4 Å². The lowest BCUT2D eigenvalue weighted by Gasteiger charge is -2.28. The lowest BCUT2D eigenvalue weighted by atomic mass is 9.96. The van der Waals surface area contributed by atoms with Crippen LogP contribution in [0.4, 0.5) is 5.69 Å². The van der Waals surface area contributed by atoms with Crippen LogP contribution >= 0.6 is 12.2 Å². The molecule has 0 aliphatic carbocycles. The second kappa shape index (κ2) is 12.4. The second-order valence-corrected chi connectivity index (χ2v) is 10.4. The number of benzene rings is 2. The average Bonchev–Trinajstić information content (AvgIpc) is 3.50. The monoisotopic (exact) mass is 583 g/mol. The van der Waals surface area contributed by atoms with E-state index >= 15 is 0 Å². The van der Waals surface area contributed by atoms with Crippen molar-refractivity contribution in [2.24, 2.45) is 0 Å². The van der Waals surface area contributed by atoms with E-state index in [0.717, 1.165) is 28.3 Å². The predicted octanol–water partition coefficient (Wildman–Crippen LogP) is 5.29. The first kappa shape index (κ1) is 28.8. The van der Waals surface area contributed by atoms with Gasteiger partial charge in [0.15, 0.2) is 5.11 Å². The van der Waals surface area contributed by atoms with Gasteiger partial charge in [0.1, 0.15) is 5.75 Å². The van der Waals surface area contributed by atoms with Crippen LogP contribution in [0.3, 0.4) is 0 Å². The molecule has 2 atom stereocenters. The summed E-state index contributed by atoms with van der Waals surface area (Å²) < 4.78 is 12.4. The Hall–Kier alpha value is -4.70. The summed E-state index contributed by atoms with van der Waals surface area (Å²) >= 11 is 5.83. The van der Waals surface area contributed by atoms with E-state index in [2.05, 4.69) is 38.1 Å². The first-order chi connectivity index (χ1) is 20.3. The van der Waals surface area contributed by atoms with Crippen LogP contribution in [0, 0.1) is 13.8 Å². The number of pyridine rings is 1. The van der Waals surface area contributed by atoms with E-state index in [1.165, 1.54) is 7.11 Å². The zero-order valence-corrected chi connectivity index (χ0v) is 24.8. The molecule has 42 heavy (non-hydrogen) atoms. The molecule has 2 N–H and O–H groups in total. The summed E-state index contributed by atoms with van der Waals surface area (Å²) in [5.41, 5.74) is 5.83. The van der Waals surface area contributed by atoms with Crippen molar-refractivity contribution in [1.82, 2.24) is 19.8 Å². The fourth-order valence-electron chi connectivity index (χ4n) is 5.54. The normalized spacial score (nSPS) is 16.2. The Labute approximate surface area is 250 Å². The van der Waals surface area contributed by atoms with Gasteiger partial charge < -0.3 is 29.6 Å². The molecule has 10 heteroatoms. The van der Waals surface area contributed by atoms with Crippen LogP contribution in [0.1, 0.15) is 51.5 Å². The van der Waals surface area contributed by atoms with E-state index in [9.17, 15) is 9.59 Å². The van der Waals surface area contributed by atoms with Gasteiger partial charge in [-0.15, -0.1) is 0 Å². The van der Waals surface area contributed by atoms with Crippen LogP contribution in [-0.4, -0.2) is 52.2 Å². The molecule has 0 radical (unpaired) electrons. The third-order valence-corrected chi connectivity index (χ3v) is 7.83. The number of aromatic nitrogens is 2. The smallest absolute Gasteiger partial charge is 0.337 e. The molecule has 0 spiro atoms. The van der Waals surface area contributed by atoms with E-state index in [4.69, 9.17) is 21.7 Å². The van der Waals surface area contributed by atoms with Crippen molar-refractivity contribution in [3.8, 4) is 11.4 Å². The number of hydrogen-bond acceptors (Lipinski definition) is 6. The highest BCUT2D eigenvalue weighted by Crippen LogP contribution is 2.41. The van der Waals surface area contributed by atoms with Gasteiger partial charge in [0, 0.05) is 36.2 Å². The maximum absolute atomic E-state index is 13.0. The number of carbonyl (C=O) groups is 2. The van der Waals surface area contributed by atoms with Crippen LogP contribution in [0.25, 0.3) is 5.69 Å². The molecule has 2 aromatic carbocycles.